The van der Waals surface area contributed by atoms with Crippen LogP contribution in [0.25, 0.3) is 0 Å². The number of nitrogens with zero attached hydrogens (tertiary/aromatic N) is 2. The molecule has 0 aliphatic carbocycles. The molecule has 0 bridgehead atoms. The van der Waals surface area contributed by atoms with E-state index in [-0.39, 0.29) is 23.7 Å². The Hall–Kier alpha value is -2.63. The molecule has 1 aromatic heterocycles. The van der Waals surface area contributed by atoms with Gasteiger partial charge in [0, 0.05) is 26.6 Å². The van der Waals surface area contributed by atoms with Crippen LogP contribution in [0.15, 0.2) is 42.6 Å². The van der Waals surface area contributed by atoms with Gasteiger partial charge in [-0.1, -0.05) is 31.8 Å². The molecule has 4 nitrogen and oxygen atoms in total. The van der Waals surface area contributed by atoms with Crippen molar-refractivity contribution in [2.24, 2.45) is 0 Å². The fourth-order valence-corrected chi connectivity index (χ4v) is 4.50. The summed E-state index contributed by atoms with van der Waals surface area (Å²) in [4.78, 5) is 4.24. The maximum absolute atomic E-state index is 14.1. The zero-order chi connectivity index (χ0) is 26.8. The Kier molecular flexibility index (Phi) is 8.36. The lowest BCUT2D eigenvalue weighted by Gasteiger charge is -2.31. The molecule has 0 saturated heterocycles. The molecule has 0 radical (unpaired) electrons. The molecule has 0 aliphatic heterocycles. The molecule has 2 aromatic carbocycles. The van der Waals surface area contributed by atoms with Gasteiger partial charge in [0.2, 0.25) is 0 Å². The van der Waals surface area contributed by atoms with E-state index >= 15 is 0 Å². The Balaban J connectivity index is 2.19. The van der Waals surface area contributed by atoms with E-state index in [0.29, 0.717) is 12.3 Å². The fraction of sp³-hybridized carbons (Fsp3) is 0.400. The number of imidazole rings is 1. The molecule has 11 heteroatoms. The van der Waals surface area contributed by atoms with E-state index in [1.54, 1.807) is 6.92 Å². The van der Waals surface area contributed by atoms with E-state index in [9.17, 15) is 31.4 Å². The van der Waals surface area contributed by atoms with Crippen LogP contribution in [0.4, 0.5) is 26.3 Å². The third kappa shape index (κ3) is 5.84. The maximum atomic E-state index is 14.1. The van der Waals surface area contributed by atoms with Gasteiger partial charge in [-0.25, -0.2) is 31.3 Å². The van der Waals surface area contributed by atoms with Crippen LogP contribution < -0.4 is 0 Å². The molecule has 3 aromatic rings. The Morgan fingerprint density at radius 3 is 1.89 bits per heavy atom. The number of ether oxygens (including phenoxy) is 1. The normalized spacial score (nSPS) is 12.7. The molecule has 1 heterocycles. The van der Waals surface area contributed by atoms with E-state index in [2.05, 4.69) is 24.6 Å². The maximum Gasteiger partial charge on any atom is 0.266 e. The van der Waals surface area contributed by atoms with Gasteiger partial charge in [-0.3, -0.25) is 0 Å². The molecule has 0 fully saturated rings. The van der Waals surface area contributed by atoms with Gasteiger partial charge in [0.1, 0.15) is 18.4 Å². The first-order valence-corrected chi connectivity index (χ1v) is 14.9. The molecule has 196 valence electrons. The predicted molar refractivity (Wildman–Crippen MR) is 126 cm³/mol. The van der Waals surface area contributed by atoms with Crippen LogP contribution in [0.2, 0.25) is 25.7 Å². The third-order valence-electron chi connectivity index (χ3n) is 5.89. The Morgan fingerprint density at radius 1 is 0.944 bits per heavy atom. The minimum atomic E-state index is -3.20. The number of benzene rings is 2. The molecule has 0 unspecified atom stereocenters. The van der Waals surface area contributed by atoms with Crippen LogP contribution in [-0.4, -0.2) is 29.3 Å². The Labute approximate surface area is 206 Å². The Morgan fingerprint density at radius 2 is 1.44 bits per heavy atom. The number of hydrogen-bond acceptors (Lipinski definition) is 3. The van der Waals surface area contributed by atoms with Gasteiger partial charge in [0.15, 0.2) is 11.4 Å². The molecule has 36 heavy (non-hydrogen) atoms. The largest absolute Gasteiger partial charge is 0.373 e. The second-order valence-electron chi connectivity index (χ2n) is 9.78. The van der Waals surface area contributed by atoms with Crippen molar-refractivity contribution in [3.63, 3.8) is 0 Å². The van der Waals surface area contributed by atoms with Gasteiger partial charge >= 0.3 is 0 Å². The third-order valence-corrected chi connectivity index (χ3v) is 7.60. The summed E-state index contributed by atoms with van der Waals surface area (Å²) in [7, 11) is -1.41. The highest BCUT2D eigenvalue weighted by molar-refractivity contribution is 6.76. The molecule has 0 atom stereocenters. The predicted octanol–water partition coefficient (Wildman–Crippen LogP) is 6.94. The molecular formula is C25H28F6N2O2Si. The van der Waals surface area contributed by atoms with E-state index in [1.165, 1.54) is 10.8 Å². The molecular weight excluding hydrogens is 502 g/mol. The molecule has 3 rings (SSSR count). The number of aromatic nitrogens is 2. The number of aliphatic hydroxyl groups is 1. The first kappa shape index (κ1) is 27.9. The number of alkyl halides is 4. The van der Waals surface area contributed by atoms with Crippen LogP contribution in [-0.2, 0) is 17.1 Å². The second-order valence-corrected chi connectivity index (χ2v) is 15.4. The quantitative estimate of drug-likeness (QED) is 0.175. The average Bonchev–Trinajstić information content (AvgIpc) is 3.16. The van der Waals surface area contributed by atoms with Crippen molar-refractivity contribution < 1.29 is 36.2 Å². The molecule has 0 aliphatic rings. The minimum Gasteiger partial charge on any atom is -0.373 e. The summed E-state index contributed by atoms with van der Waals surface area (Å²) in [6.45, 7) is 8.54. The zero-order valence-corrected chi connectivity index (χ0v) is 21.3. The first-order valence-electron chi connectivity index (χ1n) is 11.2. The van der Waals surface area contributed by atoms with Crippen molar-refractivity contribution in [1.82, 2.24) is 9.55 Å². The van der Waals surface area contributed by atoms with E-state index in [1.807, 2.05) is 0 Å². The standard InChI is InChI=1S/C25H28F6N2O2Si/c1-15-13-32-24(33(15)14-35-9-10-36(2,3)4)25(34,16-5-7-20(26)18(11-16)22(28)29)17-6-8-21(27)19(12-17)23(30)31/h5-8,11-13,22-23,34H,9-10,14H2,1-4H3. The number of aryl methyl sites for hydroxylation is 1. The summed E-state index contributed by atoms with van der Waals surface area (Å²) < 4.78 is 89.4. The summed E-state index contributed by atoms with van der Waals surface area (Å²) in [5, 5.41) is 12.0. The lowest BCUT2D eigenvalue weighted by molar-refractivity contribution is 0.0618. The first-order chi connectivity index (χ1) is 16.8. The van der Waals surface area contributed by atoms with Crippen LogP contribution in [0.1, 0.15) is 46.6 Å². The Bertz CT molecular complexity index is 1150. The van der Waals surface area contributed by atoms with Crippen molar-refractivity contribution >= 4 is 8.07 Å². The van der Waals surface area contributed by atoms with Gasteiger partial charge in [0.05, 0.1) is 11.1 Å². The number of hydrogen-bond donors (Lipinski definition) is 1. The fourth-order valence-electron chi connectivity index (χ4n) is 3.74. The van der Waals surface area contributed by atoms with Gasteiger partial charge in [-0.15, -0.1) is 0 Å². The summed E-state index contributed by atoms with van der Waals surface area (Å²) in [6, 6.07) is 6.00. The van der Waals surface area contributed by atoms with E-state index < -0.39 is 49.3 Å². The lowest BCUT2D eigenvalue weighted by Crippen LogP contribution is -2.34. The van der Waals surface area contributed by atoms with Crippen molar-refractivity contribution in [1.29, 1.82) is 0 Å². The van der Waals surface area contributed by atoms with Crippen LogP contribution >= 0.6 is 0 Å². The average molecular weight is 531 g/mol. The minimum absolute atomic E-state index is 0.0697. The molecule has 0 spiro atoms. The number of rotatable bonds is 10. The van der Waals surface area contributed by atoms with Gasteiger partial charge in [0.25, 0.3) is 12.9 Å². The summed E-state index contributed by atoms with van der Waals surface area (Å²) in [6.07, 6.45) is -5.01. The van der Waals surface area contributed by atoms with Gasteiger partial charge < -0.3 is 14.4 Å². The van der Waals surface area contributed by atoms with Crippen LogP contribution in [0, 0.1) is 18.6 Å². The van der Waals surface area contributed by atoms with Crippen LogP contribution in [0.3, 0.4) is 0 Å². The van der Waals surface area contributed by atoms with Crippen LogP contribution in [0.5, 0.6) is 0 Å². The van der Waals surface area contributed by atoms with E-state index in [0.717, 1.165) is 42.4 Å². The smallest absolute Gasteiger partial charge is 0.266 e. The van der Waals surface area contributed by atoms with Crippen molar-refractivity contribution in [3.8, 4) is 0 Å². The SMILES string of the molecule is Cc1cnc(C(O)(c2ccc(F)c(C(F)F)c2)c2ccc(F)c(C(F)F)c2)n1COCC[Si](C)(C)C. The topological polar surface area (TPSA) is 47.3 Å². The lowest BCUT2D eigenvalue weighted by atomic mass is 9.83. The van der Waals surface area contributed by atoms with E-state index in [4.69, 9.17) is 4.74 Å². The summed E-state index contributed by atoms with van der Waals surface area (Å²) in [5.74, 6) is -2.53. The van der Waals surface area contributed by atoms with Crippen molar-refractivity contribution in [2.75, 3.05) is 6.61 Å². The second kappa shape index (κ2) is 10.8. The summed E-state index contributed by atoms with van der Waals surface area (Å²) in [5.41, 5.74) is -4.35. The van der Waals surface area contributed by atoms with Gasteiger partial charge in [-0.2, -0.15) is 0 Å². The zero-order valence-electron chi connectivity index (χ0n) is 20.3. The van der Waals surface area contributed by atoms with Crippen molar-refractivity contribution in [3.05, 3.63) is 88.0 Å². The molecule has 0 saturated carbocycles. The highest BCUT2D eigenvalue weighted by Crippen LogP contribution is 2.40. The highest BCUT2D eigenvalue weighted by Gasteiger charge is 2.40. The monoisotopic (exact) mass is 530 g/mol. The number of halogens is 6. The highest BCUT2D eigenvalue weighted by atomic mass is 28.3. The summed E-state index contributed by atoms with van der Waals surface area (Å²) >= 11 is 0. The van der Waals surface area contributed by atoms with Gasteiger partial charge in [-0.05, 0) is 48.4 Å². The molecule has 0 amide bonds. The molecule has 1 N–H and O–H groups in total. The van der Waals surface area contributed by atoms with Crippen molar-refractivity contribution in [2.45, 2.75) is 57.8 Å².